The van der Waals surface area contributed by atoms with Crippen LogP contribution in [0.3, 0.4) is 0 Å². The number of amides is 2. The predicted molar refractivity (Wildman–Crippen MR) is 221 cm³/mol. The van der Waals surface area contributed by atoms with E-state index in [0.29, 0.717) is 53.2 Å². The third-order valence-electron chi connectivity index (χ3n) is 11.9. The lowest BCUT2D eigenvalue weighted by Gasteiger charge is -2.30. The molecule has 0 bridgehead atoms. The van der Waals surface area contributed by atoms with Crippen molar-refractivity contribution in [1.82, 2.24) is 10.6 Å². The Bertz CT molecular complexity index is 2150. The van der Waals surface area contributed by atoms with Gasteiger partial charge in [-0.3, -0.25) is 14.4 Å². The molecule has 2 saturated heterocycles. The maximum atomic E-state index is 14.0. The minimum atomic E-state index is -0.942. The summed E-state index contributed by atoms with van der Waals surface area (Å²) < 4.78 is 30.7. The normalized spacial score (nSPS) is 25.4. The van der Waals surface area contributed by atoms with Crippen molar-refractivity contribution < 1.29 is 48.0 Å². The quantitative estimate of drug-likeness (QED) is 0.139. The molecule has 3 aromatic rings. The first-order chi connectivity index (χ1) is 28.8. The summed E-state index contributed by atoms with van der Waals surface area (Å²) in [5.41, 5.74) is 4.25. The Labute approximate surface area is 350 Å². The summed E-state index contributed by atoms with van der Waals surface area (Å²) >= 11 is 0. The van der Waals surface area contributed by atoms with E-state index < -0.39 is 53.6 Å². The predicted octanol–water partition coefficient (Wildman–Crippen LogP) is 5.93. The van der Waals surface area contributed by atoms with Crippen LogP contribution in [0.15, 0.2) is 90.5 Å². The highest BCUT2D eigenvalue weighted by Crippen LogP contribution is 2.45. The highest BCUT2D eigenvalue weighted by molar-refractivity contribution is 5.96. The second-order valence-electron chi connectivity index (χ2n) is 17.6. The SMILES string of the molecule is CC(C)(C)OC(=O)CCC(CO)NC(=O)c1cccc(CNC(=O)C2=CC3OC4(Cc5ccccc5C4)OC3C(OC(=O)c3ccccc3C=CC3CCC4OC4C3)C2)c1. The molecule has 5 aliphatic rings. The molecule has 12 heteroatoms. The van der Waals surface area contributed by atoms with E-state index in [1.807, 2.05) is 36.4 Å². The zero-order valence-corrected chi connectivity index (χ0v) is 34.4. The summed E-state index contributed by atoms with van der Waals surface area (Å²) in [6.07, 6.45) is 9.21. The maximum absolute atomic E-state index is 14.0. The van der Waals surface area contributed by atoms with Crippen molar-refractivity contribution in [3.8, 4) is 0 Å². The largest absolute Gasteiger partial charge is 0.460 e. The number of carbonyl (C=O) groups excluding carboxylic acids is 4. The van der Waals surface area contributed by atoms with E-state index in [9.17, 15) is 24.3 Å². The minimum absolute atomic E-state index is 0.0420. The molecule has 3 aromatic carbocycles. The van der Waals surface area contributed by atoms with Gasteiger partial charge in [-0.05, 0) is 98.9 Å². The molecule has 3 N–H and O–H groups in total. The standard InChI is InChI=1S/C48H54N2O10/c1-47(2,3)59-42(52)20-18-36(28-51)50-45(54)32-13-8-9-30(21-32)27-49-44(53)35-23-40(43-41(24-35)58-48(60-43)25-33-11-4-5-12-34(33)26-48)57-46(55)37-14-7-6-10-31(37)17-15-29-16-19-38-39(22-29)56-38/h4-15,17,21,24,29,36,38-41,43,51H,16,18-20,22-23,25-28H2,1-3H3,(H,49,53)(H,50,54). The van der Waals surface area contributed by atoms with Crippen LogP contribution in [-0.4, -0.2) is 83.4 Å². The lowest BCUT2D eigenvalue weighted by atomic mass is 9.88. The first kappa shape index (κ1) is 41.6. The van der Waals surface area contributed by atoms with Gasteiger partial charge in [0.25, 0.3) is 5.91 Å². The highest BCUT2D eigenvalue weighted by Gasteiger charge is 2.55. The molecule has 3 aliphatic carbocycles. The van der Waals surface area contributed by atoms with Gasteiger partial charge in [0.1, 0.15) is 23.9 Å². The monoisotopic (exact) mass is 818 g/mol. The second kappa shape index (κ2) is 17.5. The molecular weight excluding hydrogens is 765 g/mol. The molecule has 8 rings (SSSR count). The van der Waals surface area contributed by atoms with E-state index in [1.165, 1.54) is 0 Å². The molecule has 60 heavy (non-hydrogen) atoms. The average Bonchev–Trinajstić information content (AvgIpc) is 3.78. The van der Waals surface area contributed by atoms with E-state index >= 15 is 0 Å². The number of epoxide rings is 1. The van der Waals surface area contributed by atoms with E-state index in [2.05, 4.69) is 28.8 Å². The van der Waals surface area contributed by atoms with Crippen molar-refractivity contribution in [2.75, 3.05) is 6.61 Å². The summed E-state index contributed by atoms with van der Waals surface area (Å²) in [5, 5.41) is 15.7. The van der Waals surface area contributed by atoms with Crippen LogP contribution >= 0.6 is 0 Å². The van der Waals surface area contributed by atoms with Crippen LogP contribution in [0.25, 0.3) is 6.08 Å². The Hall–Kier alpha value is -5.14. The van der Waals surface area contributed by atoms with E-state index in [1.54, 1.807) is 57.2 Å². The molecule has 7 atom stereocenters. The summed E-state index contributed by atoms with van der Waals surface area (Å²) in [6, 6.07) is 21.7. The molecule has 7 unspecified atom stereocenters. The lowest BCUT2D eigenvalue weighted by Crippen LogP contribution is -2.43. The molecule has 2 aliphatic heterocycles. The van der Waals surface area contributed by atoms with Gasteiger partial charge in [-0.15, -0.1) is 0 Å². The minimum Gasteiger partial charge on any atom is -0.460 e. The number of carbonyl (C=O) groups is 4. The molecule has 2 heterocycles. The summed E-state index contributed by atoms with van der Waals surface area (Å²) in [6.45, 7) is 5.10. The Morgan fingerprint density at radius 1 is 0.933 bits per heavy atom. The number of ether oxygens (including phenoxy) is 5. The highest BCUT2D eigenvalue weighted by atomic mass is 16.8. The van der Waals surface area contributed by atoms with Crippen LogP contribution in [0, 0.1) is 5.92 Å². The number of hydrogen-bond acceptors (Lipinski definition) is 10. The summed E-state index contributed by atoms with van der Waals surface area (Å²) in [4.78, 5) is 53.3. The van der Waals surface area contributed by atoms with Gasteiger partial charge in [0.05, 0.1) is 30.4 Å². The number of hydrogen-bond donors (Lipinski definition) is 3. The fraction of sp³-hybridized carbons (Fsp3) is 0.458. The first-order valence-corrected chi connectivity index (χ1v) is 21.1. The number of esters is 2. The van der Waals surface area contributed by atoms with E-state index in [0.717, 1.165) is 36.0 Å². The second-order valence-corrected chi connectivity index (χ2v) is 17.6. The van der Waals surface area contributed by atoms with Crippen LogP contribution < -0.4 is 10.6 Å². The Morgan fingerprint density at radius 2 is 1.70 bits per heavy atom. The molecule has 316 valence electrons. The van der Waals surface area contributed by atoms with Gasteiger partial charge in [0.15, 0.2) is 5.79 Å². The Kier molecular flexibility index (Phi) is 12.1. The van der Waals surface area contributed by atoms with Crippen molar-refractivity contribution in [2.45, 2.75) is 127 Å². The molecule has 12 nitrogen and oxygen atoms in total. The summed E-state index contributed by atoms with van der Waals surface area (Å²) in [5.74, 6) is -2.24. The topological polar surface area (TPSA) is 162 Å². The molecule has 0 aromatic heterocycles. The van der Waals surface area contributed by atoms with Gasteiger partial charge in [-0.25, -0.2) is 4.79 Å². The zero-order valence-electron chi connectivity index (χ0n) is 34.4. The first-order valence-electron chi connectivity index (χ1n) is 21.1. The summed E-state index contributed by atoms with van der Waals surface area (Å²) in [7, 11) is 0. The fourth-order valence-corrected chi connectivity index (χ4v) is 8.82. The molecule has 2 amide bonds. The Balaban J connectivity index is 0.938. The van der Waals surface area contributed by atoms with Crippen molar-refractivity contribution in [1.29, 1.82) is 0 Å². The van der Waals surface area contributed by atoms with E-state index in [4.69, 9.17) is 23.7 Å². The van der Waals surface area contributed by atoms with Gasteiger partial charge in [-0.1, -0.05) is 66.7 Å². The number of rotatable bonds is 13. The smallest absolute Gasteiger partial charge is 0.339 e. The number of aliphatic hydroxyl groups excluding tert-OH is 1. The number of benzene rings is 3. The third kappa shape index (κ3) is 9.90. The molecule has 3 fully saturated rings. The lowest BCUT2D eigenvalue weighted by molar-refractivity contribution is -0.172. The zero-order chi connectivity index (χ0) is 42.0. The van der Waals surface area contributed by atoms with Crippen LogP contribution in [0.2, 0.25) is 0 Å². The molecule has 0 radical (unpaired) electrons. The van der Waals surface area contributed by atoms with Crippen LogP contribution in [0.4, 0.5) is 0 Å². The molecular formula is C48H54N2O10. The molecule has 1 spiro atoms. The average molecular weight is 819 g/mol. The van der Waals surface area contributed by atoms with Crippen LogP contribution in [0.1, 0.15) is 102 Å². The van der Waals surface area contributed by atoms with Crippen LogP contribution in [0.5, 0.6) is 0 Å². The fourth-order valence-electron chi connectivity index (χ4n) is 8.82. The van der Waals surface area contributed by atoms with Gasteiger partial charge in [0, 0.05) is 43.4 Å². The van der Waals surface area contributed by atoms with Gasteiger partial charge in [-0.2, -0.15) is 0 Å². The van der Waals surface area contributed by atoms with Gasteiger partial charge in [0.2, 0.25) is 5.91 Å². The maximum Gasteiger partial charge on any atom is 0.339 e. The van der Waals surface area contributed by atoms with Crippen molar-refractivity contribution >= 4 is 29.8 Å². The van der Waals surface area contributed by atoms with E-state index in [-0.39, 0.29) is 38.3 Å². The molecule has 1 saturated carbocycles. The van der Waals surface area contributed by atoms with Crippen molar-refractivity contribution in [3.05, 3.63) is 124 Å². The number of aliphatic hydroxyl groups is 1. The van der Waals surface area contributed by atoms with Gasteiger partial charge < -0.3 is 39.4 Å². The number of fused-ring (bicyclic) bond motifs is 3. The van der Waals surface area contributed by atoms with Crippen molar-refractivity contribution in [2.24, 2.45) is 5.92 Å². The van der Waals surface area contributed by atoms with Gasteiger partial charge >= 0.3 is 11.9 Å². The number of allylic oxidation sites excluding steroid dienone is 1. The Morgan fingerprint density at radius 3 is 2.45 bits per heavy atom. The van der Waals surface area contributed by atoms with Crippen LogP contribution in [-0.2, 0) is 52.7 Å². The van der Waals surface area contributed by atoms with Crippen molar-refractivity contribution in [3.63, 3.8) is 0 Å². The third-order valence-corrected chi connectivity index (χ3v) is 11.9. The number of nitrogens with one attached hydrogen (secondary N) is 2.